The molecule has 1 N–H and O–H groups in total. The van der Waals surface area contributed by atoms with E-state index in [-0.39, 0.29) is 5.82 Å². The van der Waals surface area contributed by atoms with Crippen molar-refractivity contribution in [2.45, 2.75) is 26.3 Å². The molecule has 0 saturated heterocycles. The van der Waals surface area contributed by atoms with Crippen LogP contribution in [0.5, 0.6) is 0 Å². The lowest BCUT2D eigenvalue weighted by Gasteiger charge is -2.14. The molecule has 1 unspecified atom stereocenters. The largest absolute Gasteiger partial charge is 0.381 e. The maximum atomic E-state index is 12.9. The Kier molecular flexibility index (Phi) is 1.98. The SMILES string of the molecule is CC(C)C1Cc2ccc(F)cc2N1. The molecule has 1 nitrogen and oxygen atoms in total. The van der Waals surface area contributed by atoms with Crippen LogP contribution in [0.1, 0.15) is 19.4 Å². The lowest BCUT2D eigenvalue weighted by molar-refractivity contribution is 0.538. The molecule has 0 aliphatic carbocycles. The highest BCUT2D eigenvalue weighted by Crippen LogP contribution is 2.29. The molecule has 0 saturated carbocycles. The number of nitrogens with one attached hydrogen (secondary N) is 1. The minimum absolute atomic E-state index is 0.157. The van der Waals surface area contributed by atoms with Gasteiger partial charge in [0.25, 0.3) is 0 Å². The molecule has 0 radical (unpaired) electrons. The highest BCUT2D eigenvalue weighted by Gasteiger charge is 2.22. The highest BCUT2D eigenvalue weighted by molar-refractivity contribution is 5.56. The van der Waals surface area contributed by atoms with Crippen LogP contribution in [0.3, 0.4) is 0 Å². The standard InChI is InChI=1S/C11H14FN/c1-7(2)10-5-8-3-4-9(12)6-11(8)13-10/h3-4,6-7,10,13H,5H2,1-2H3. The zero-order valence-electron chi connectivity index (χ0n) is 7.97. The number of anilines is 1. The number of benzene rings is 1. The molecule has 0 bridgehead atoms. The average Bonchev–Trinajstić information content (AvgIpc) is 2.46. The molecular formula is C11H14FN. The minimum Gasteiger partial charge on any atom is -0.381 e. The molecule has 2 rings (SSSR count). The van der Waals surface area contributed by atoms with Crippen LogP contribution in [0.15, 0.2) is 18.2 Å². The van der Waals surface area contributed by atoms with Crippen LogP contribution in [0.25, 0.3) is 0 Å². The molecule has 1 aliphatic heterocycles. The lowest BCUT2D eigenvalue weighted by atomic mass is 10.0. The molecule has 2 heteroatoms. The lowest BCUT2D eigenvalue weighted by Crippen LogP contribution is -2.21. The summed E-state index contributed by atoms with van der Waals surface area (Å²) in [5.41, 5.74) is 2.21. The van der Waals surface area contributed by atoms with Gasteiger partial charge >= 0.3 is 0 Å². The number of fused-ring (bicyclic) bond motifs is 1. The van der Waals surface area contributed by atoms with E-state index in [0.717, 1.165) is 12.1 Å². The van der Waals surface area contributed by atoms with Gasteiger partial charge < -0.3 is 5.32 Å². The first kappa shape index (κ1) is 8.54. The molecule has 1 atom stereocenters. The zero-order chi connectivity index (χ0) is 9.42. The Morgan fingerprint density at radius 3 is 2.92 bits per heavy atom. The van der Waals surface area contributed by atoms with Gasteiger partial charge in [-0.15, -0.1) is 0 Å². The van der Waals surface area contributed by atoms with E-state index in [1.165, 1.54) is 11.6 Å². The van der Waals surface area contributed by atoms with Gasteiger partial charge in [-0.3, -0.25) is 0 Å². The number of rotatable bonds is 1. The summed E-state index contributed by atoms with van der Waals surface area (Å²) in [5, 5.41) is 3.33. The van der Waals surface area contributed by atoms with E-state index in [1.807, 2.05) is 6.07 Å². The monoisotopic (exact) mass is 179 g/mol. The normalized spacial score (nSPS) is 20.2. The topological polar surface area (TPSA) is 12.0 Å². The number of hydrogen-bond donors (Lipinski definition) is 1. The highest BCUT2D eigenvalue weighted by atomic mass is 19.1. The fraction of sp³-hybridized carbons (Fsp3) is 0.455. The zero-order valence-corrected chi connectivity index (χ0v) is 7.97. The van der Waals surface area contributed by atoms with E-state index >= 15 is 0 Å². The second-order valence-corrected chi connectivity index (χ2v) is 4.00. The number of halogens is 1. The summed E-state index contributed by atoms with van der Waals surface area (Å²) in [7, 11) is 0. The second-order valence-electron chi connectivity index (χ2n) is 4.00. The van der Waals surface area contributed by atoms with Crippen molar-refractivity contribution in [3.63, 3.8) is 0 Å². The van der Waals surface area contributed by atoms with E-state index in [4.69, 9.17) is 0 Å². The van der Waals surface area contributed by atoms with Gasteiger partial charge in [0, 0.05) is 11.7 Å². The summed E-state index contributed by atoms with van der Waals surface area (Å²) in [5.74, 6) is 0.436. The summed E-state index contributed by atoms with van der Waals surface area (Å²) in [4.78, 5) is 0. The molecule has 1 aromatic carbocycles. The van der Waals surface area contributed by atoms with Gasteiger partial charge in [0.1, 0.15) is 5.82 Å². The van der Waals surface area contributed by atoms with E-state index < -0.39 is 0 Å². The van der Waals surface area contributed by atoms with Crippen LogP contribution in [-0.4, -0.2) is 6.04 Å². The molecule has 13 heavy (non-hydrogen) atoms. The van der Waals surface area contributed by atoms with Crippen molar-refractivity contribution >= 4 is 5.69 Å². The minimum atomic E-state index is -0.157. The van der Waals surface area contributed by atoms with Crippen LogP contribution in [0, 0.1) is 11.7 Å². The second kappa shape index (κ2) is 3.02. The molecule has 1 aliphatic rings. The fourth-order valence-corrected chi connectivity index (χ4v) is 1.75. The van der Waals surface area contributed by atoms with E-state index in [2.05, 4.69) is 19.2 Å². The van der Waals surface area contributed by atoms with E-state index in [9.17, 15) is 4.39 Å². The van der Waals surface area contributed by atoms with Crippen molar-refractivity contribution in [2.75, 3.05) is 5.32 Å². The third-order valence-corrected chi connectivity index (χ3v) is 2.66. The third-order valence-electron chi connectivity index (χ3n) is 2.66. The predicted molar refractivity (Wildman–Crippen MR) is 52.4 cm³/mol. The Labute approximate surface area is 78.0 Å². The van der Waals surface area contributed by atoms with Gasteiger partial charge in [-0.05, 0) is 30.0 Å². The maximum Gasteiger partial charge on any atom is 0.125 e. The Hall–Kier alpha value is -1.05. The molecule has 0 amide bonds. The molecule has 0 aromatic heterocycles. The Morgan fingerprint density at radius 1 is 1.46 bits per heavy atom. The molecule has 0 spiro atoms. The first-order valence-corrected chi connectivity index (χ1v) is 4.72. The van der Waals surface area contributed by atoms with Crippen LogP contribution < -0.4 is 5.32 Å². The van der Waals surface area contributed by atoms with E-state index in [1.54, 1.807) is 6.07 Å². The van der Waals surface area contributed by atoms with Crippen molar-refractivity contribution in [1.82, 2.24) is 0 Å². The Bertz CT molecular complexity index is 320. The molecule has 70 valence electrons. The van der Waals surface area contributed by atoms with Gasteiger partial charge in [0.2, 0.25) is 0 Å². The average molecular weight is 179 g/mol. The van der Waals surface area contributed by atoms with Crippen LogP contribution >= 0.6 is 0 Å². The van der Waals surface area contributed by atoms with Crippen molar-refractivity contribution in [1.29, 1.82) is 0 Å². The quantitative estimate of drug-likeness (QED) is 0.699. The summed E-state index contributed by atoms with van der Waals surface area (Å²) in [6.07, 6.45) is 1.02. The van der Waals surface area contributed by atoms with Crippen molar-refractivity contribution in [3.05, 3.63) is 29.6 Å². The molecule has 1 aromatic rings. The summed E-state index contributed by atoms with van der Waals surface area (Å²) in [6.45, 7) is 4.36. The van der Waals surface area contributed by atoms with Gasteiger partial charge in [-0.1, -0.05) is 19.9 Å². The van der Waals surface area contributed by atoms with Crippen LogP contribution in [-0.2, 0) is 6.42 Å². The van der Waals surface area contributed by atoms with E-state index in [0.29, 0.717) is 12.0 Å². The van der Waals surface area contributed by atoms with Crippen molar-refractivity contribution in [3.8, 4) is 0 Å². The molecule has 0 fully saturated rings. The smallest absolute Gasteiger partial charge is 0.125 e. The molecule has 1 heterocycles. The van der Waals surface area contributed by atoms with Gasteiger partial charge in [0.15, 0.2) is 0 Å². The Morgan fingerprint density at radius 2 is 2.23 bits per heavy atom. The van der Waals surface area contributed by atoms with Gasteiger partial charge in [-0.2, -0.15) is 0 Å². The summed E-state index contributed by atoms with van der Waals surface area (Å²) >= 11 is 0. The first-order chi connectivity index (χ1) is 6.16. The van der Waals surface area contributed by atoms with Crippen molar-refractivity contribution < 1.29 is 4.39 Å². The maximum absolute atomic E-state index is 12.9. The van der Waals surface area contributed by atoms with Gasteiger partial charge in [0.05, 0.1) is 0 Å². The van der Waals surface area contributed by atoms with Crippen LogP contribution in [0.4, 0.5) is 10.1 Å². The fourth-order valence-electron chi connectivity index (χ4n) is 1.75. The predicted octanol–water partition coefficient (Wildman–Crippen LogP) is 2.82. The Balaban J connectivity index is 2.25. The summed E-state index contributed by atoms with van der Waals surface area (Å²) in [6, 6.07) is 5.46. The number of hydrogen-bond acceptors (Lipinski definition) is 1. The van der Waals surface area contributed by atoms with Gasteiger partial charge in [-0.25, -0.2) is 4.39 Å². The van der Waals surface area contributed by atoms with Crippen molar-refractivity contribution in [2.24, 2.45) is 5.92 Å². The summed E-state index contributed by atoms with van der Waals surface area (Å²) < 4.78 is 12.9. The molecular weight excluding hydrogens is 165 g/mol. The third kappa shape index (κ3) is 1.53. The first-order valence-electron chi connectivity index (χ1n) is 4.72. The van der Waals surface area contributed by atoms with Crippen LogP contribution in [0.2, 0.25) is 0 Å².